The monoisotopic (exact) mass is 394 g/mol. The Balaban J connectivity index is 2.17. The molecule has 0 bridgehead atoms. The number of carbonyl (C=O) groups is 2. The summed E-state index contributed by atoms with van der Waals surface area (Å²) in [6, 6.07) is 26.4. The van der Waals surface area contributed by atoms with Crippen LogP contribution in [0.1, 0.15) is 12.5 Å². The van der Waals surface area contributed by atoms with Crippen molar-refractivity contribution in [3.63, 3.8) is 0 Å². The Kier molecular flexibility index (Phi) is 6.24. The van der Waals surface area contributed by atoms with Crippen molar-refractivity contribution in [1.29, 1.82) is 0 Å². The molecule has 0 aliphatic heterocycles. The number of esters is 1. The molecule has 0 spiro atoms. The predicted octanol–water partition coefficient (Wildman–Crippen LogP) is 5.27. The minimum Gasteiger partial charge on any atom is -0.451 e. The molecular formula is C23H21ClNO3+. The SMILES string of the molecule is CC(=O)OCC(=O)[N+](Cc1ccc(Cl)cc1)(c1ccccc1)c1ccccc1. The molecule has 0 saturated carbocycles. The van der Waals surface area contributed by atoms with Crippen molar-refractivity contribution in [2.24, 2.45) is 0 Å². The summed E-state index contributed by atoms with van der Waals surface area (Å²) in [5, 5.41) is 0.632. The Hall–Kier alpha value is -2.95. The summed E-state index contributed by atoms with van der Waals surface area (Å²) < 4.78 is 4.98. The zero-order valence-electron chi connectivity index (χ0n) is 15.5. The van der Waals surface area contributed by atoms with Crippen molar-refractivity contribution in [2.45, 2.75) is 13.5 Å². The van der Waals surface area contributed by atoms with E-state index in [0.717, 1.165) is 16.9 Å². The summed E-state index contributed by atoms with van der Waals surface area (Å²) >= 11 is 6.03. The third-order valence-corrected chi connectivity index (χ3v) is 4.80. The van der Waals surface area contributed by atoms with E-state index in [9.17, 15) is 9.59 Å². The van der Waals surface area contributed by atoms with Crippen LogP contribution in [0.2, 0.25) is 5.02 Å². The van der Waals surface area contributed by atoms with Crippen molar-refractivity contribution in [3.05, 3.63) is 95.5 Å². The van der Waals surface area contributed by atoms with Gasteiger partial charge in [-0.25, -0.2) is 4.79 Å². The molecule has 0 aromatic heterocycles. The zero-order valence-corrected chi connectivity index (χ0v) is 16.3. The highest BCUT2D eigenvalue weighted by Crippen LogP contribution is 2.37. The van der Waals surface area contributed by atoms with E-state index < -0.39 is 5.97 Å². The fourth-order valence-electron chi connectivity index (χ4n) is 3.21. The van der Waals surface area contributed by atoms with Gasteiger partial charge in [0.25, 0.3) is 0 Å². The smallest absolute Gasteiger partial charge is 0.361 e. The van der Waals surface area contributed by atoms with Gasteiger partial charge in [-0.1, -0.05) is 60.1 Å². The van der Waals surface area contributed by atoms with Crippen molar-refractivity contribution >= 4 is 34.9 Å². The standard InChI is InChI=1S/C23H21ClNO3/c1-18(26)28-17-23(27)25(21-8-4-2-5-9-21,22-10-6-3-7-11-22)16-19-12-14-20(24)15-13-19/h2-15H,16-17H2,1H3/q+1. The molecule has 142 valence electrons. The number of halogens is 1. The number of rotatable bonds is 6. The molecule has 3 aromatic rings. The fraction of sp³-hybridized carbons (Fsp3) is 0.130. The van der Waals surface area contributed by atoms with Gasteiger partial charge in [-0.2, -0.15) is 4.48 Å². The maximum atomic E-state index is 13.5. The maximum Gasteiger partial charge on any atom is 0.361 e. The lowest BCUT2D eigenvalue weighted by Gasteiger charge is -2.35. The van der Waals surface area contributed by atoms with Crippen LogP contribution < -0.4 is 4.48 Å². The molecular weight excluding hydrogens is 374 g/mol. The largest absolute Gasteiger partial charge is 0.451 e. The number of ether oxygens (including phenoxy) is 1. The summed E-state index contributed by atoms with van der Waals surface area (Å²) in [5.74, 6) is -0.721. The van der Waals surface area contributed by atoms with E-state index in [2.05, 4.69) is 0 Å². The first-order valence-corrected chi connectivity index (χ1v) is 9.30. The van der Waals surface area contributed by atoms with Gasteiger partial charge in [-0.05, 0) is 12.1 Å². The quantitative estimate of drug-likeness (QED) is 0.422. The molecule has 3 rings (SSSR count). The van der Waals surface area contributed by atoms with Gasteiger partial charge >= 0.3 is 11.9 Å². The van der Waals surface area contributed by atoms with Gasteiger partial charge in [0, 0.05) is 41.8 Å². The van der Waals surface area contributed by atoms with Crippen LogP contribution in [0.3, 0.4) is 0 Å². The second-order valence-corrected chi connectivity index (χ2v) is 6.88. The summed E-state index contributed by atoms with van der Waals surface area (Å²) in [6.45, 7) is 1.35. The third-order valence-electron chi connectivity index (χ3n) is 4.55. The fourth-order valence-corrected chi connectivity index (χ4v) is 3.34. The highest BCUT2D eigenvalue weighted by Gasteiger charge is 2.42. The lowest BCUT2D eigenvalue weighted by atomic mass is 10.1. The molecule has 0 aliphatic carbocycles. The Morgan fingerprint density at radius 1 is 0.821 bits per heavy atom. The molecule has 0 heterocycles. The van der Waals surface area contributed by atoms with Crippen LogP contribution in [0.4, 0.5) is 11.4 Å². The highest BCUT2D eigenvalue weighted by atomic mass is 35.5. The van der Waals surface area contributed by atoms with E-state index in [1.807, 2.05) is 72.8 Å². The number of para-hydroxylation sites is 2. The Morgan fingerprint density at radius 2 is 1.32 bits per heavy atom. The molecule has 4 nitrogen and oxygen atoms in total. The number of amides is 1. The van der Waals surface area contributed by atoms with E-state index in [0.29, 0.717) is 11.6 Å². The minimum atomic E-state index is -0.487. The van der Waals surface area contributed by atoms with Crippen LogP contribution >= 0.6 is 11.6 Å². The van der Waals surface area contributed by atoms with E-state index in [1.54, 1.807) is 12.1 Å². The number of carbonyl (C=O) groups excluding carboxylic acids is 2. The molecule has 0 atom stereocenters. The third kappa shape index (κ3) is 4.30. The summed E-state index contributed by atoms with van der Waals surface area (Å²) in [7, 11) is 0. The molecule has 0 radical (unpaired) electrons. The first-order valence-electron chi connectivity index (χ1n) is 8.93. The number of benzene rings is 3. The van der Waals surface area contributed by atoms with Crippen LogP contribution in [0.25, 0.3) is 0 Å². The van der Waals surface area contributed by atoms with E-state index >= 15 is 0 Å². The predicted molar refractivity (Wildman–Crippen MR) is 111 cm³/mol. The first kappa shape index (κ1) is 19.8. The highest BCUT2D eigenvalue weighted by molar-refractivity contribution is 6.30. The summed E-state index contributed by atoms with van der Waals surface area (Å²) in [6.07, 6.45) is 0. The van der Waals surface area contributed by atoms with Gasteiger partial charge in [0.05, 0.1) is 0 Å². The van der Waals surface area contributed by atoms with Gasteiger partial charge in [-0.15, -0.1) is 0 Å². The second kappa shape index (κ2) is 8.83. The van der Waals surface area contributed by atoms with Crippen LogP contribution in [-0.4, -0.2) is 18.5 Å². The zero-order chi connectivity index (χ0) is 20.0. The van der Waals surface area contributed by atoms with E-state index in [1.165, 1.54) is 6.92 Å². The molecule has 5 heteroatoms. The summed E-state index contributed by atoms with van der Waals surface area (Å²) in [4.78, 5) is 24.9. The van der Waals surface area contributed by atoms with Crippen LogP contribution in [0, 0.1) is 0 Å². The topological polar surface area (TPSA) is 43.4 Å². The Labute approximate surface area is 169 Å². The van der Waals surface area contributed by atoms with Crippen molar-refractivity contribution < 1.29 is 14.3 Å². The number of hydrogen-bond acceptors (Lipinski definition) is 3. The minimum absolute atomic E-state index is 0.101. The number of quaternary nitrogens is 1. The average Bonchev–Trinajstić information content (AvgIpc) is 2.73. The van der Waals surface area contributed by atoms with Crippen molar-refractivity contribution in [1.82, 2.24) is 4.48 Å². The lowest BCUT2D eigenvalue weighted by Crippen LogP contribution is -2.51. The molecule has 3 aromatic carbocycles. The Bertz CT molecular complexity index is 901. The number of nitrogens with zero attached hydrogens (tertiary/aromatic N) is 1. The van der Waals surface area contributed by atoms with Crippen molar-refractivity contribution in [3.8, 4) is 0 Å². The van der Waals surface area contributed by atoms with Gasteiger partial charge in [0.1, 0.15) is 17.9 Å². The lowest BCUT2D eigenvalue weighted by molar-refractivity contribution is -0.148. The molecule has 0 N–H and O–H groups in total. The van der Waals surface area contributed by atoms with E-state index in [-0.39, 0.29) is 17.0 Å². The maximum absolute atomic E-state index is 13.5. The summed E-state index contributed by atoms with van der Waals surface area (Å²) in [5.41, 5.74) is 2.52. The van der Waals surface area contributed by atoms with Gasteiger partial charge < -0.3 is 4.74 Å². The van der Waals surface area contributed by atoms with E-state index in [4.69, 9.17) is 16.3 Å². The van der Waals surface area contributed by atoms with Crippen LogP contribution in [0.5, 0.6) is 0 Å². The van der Waals surface area contributed by atoms with Gasteiger partial charge in [0.15, 0.2) is 0 Å². The molecule has 28 heavy (non-hydrogen) atoms. The normalized spacial score (nSPS) is 11.1. The second-order valence-electron chi connectivity index (χ2n) is 6.44. The van der Waals surface area contributed by atoms with Crippen LogP contribution in [0.15, 0.2) is 84.9 Å². The van der Waals surface area contributed by atoms with Crippen LogP contribution in [-0.2, 0) is 20.9 Å². The van der Waals surface area contributed by atoms with Crippen molar-refractivity contribution in [2.75, 3.05) is 6.61 Å². The van der Waals surface area contributed by atoms with Gasteiger partial charge in [-0.3, -0.25) is 4.79 Å². The molecule has 1 amide bonds. The average molecular weight is 395 g/mol. The molecule has 0 saturated heterocycles. The van der Waals surface area contributed by atoms with Gasteiger partial charge in [0.2, 0.25) is 6.61 Å². The molecule has 0 fully saturated rings. The molecule has 0 unspecified atom stereocenters. The Morgan fingerprint density at radius 3 is 1.79 bits per heavy atom. The number of hydrogen-bond donors (Lipinski definition) is 0. The molecule has 0 aliphatic rings. The first-order chi connectivity index (χ1) is 13.5.